The summed E-state index contributed by atoms with van der Waals surface area (Å²) in [5.41, 5.74) is 1.21. The van der Waals surface area contributed by atoms with E-state index in [1.807, 2.05) is 24.3 Å². The van der Waals surface area contributed by atoms with Crippen molar-refractivity contribution in [2.45, 2.75) is 6.92 Å². The van der Waals surface area contributed by atoms with Crippen LogP contribution in [-0.2, 0) is 0 Å². The van der Waals surface area contributed by atoms with E-state index in [1.165, 1.54) is 14.5 Å². The van der Waals surface area contributed by atoms with Crippen molar-refractivity contribution in [3.63, 3.8) is 0 Å². The Bertz CT molecular complexity index is 500. The van der Waals surface area contributed by atoms with E-state index in [-0.39, 0.29) is 0 Å². The molecule has 0 nitrogen and oxygen atoms in total. The first-order chi connectivity index (χ1) is 8.24. The van der Waals surface area contributed by atoms with Gasteiger partial charge in [0.2, 0.25) is 0 Å². The van der Waals surface area contributed by atoms with E-state index >= 15 is 0 Å². The zero-order valence-corrected chi connectivity index (χ0v) is 12.0. The average Bonchev–Trinajstić information content (AvgIpc) is 2.33. The van der Waals surface area contributed by atoms with E-state index in [9.17, 15) is 0 Å². The molecule has 0 spiro atoms. The molecule has 0 saturated heterocycles. The second-order valence-corrected chi connectivity index (χ2v) is 6.93. The van der Waals surface area contributed by atoms with Crippen molar-refractivity contribution >= 4 is 37.1 Å². The van der Waals surface area contributed by atoms with Crippen molar-refractivity contribution in [2.75, 3.05) is 0 Å². The Morgan fingerprint density at radius 3 is 2.29 bits per heavy atom. The van der Waals surface area contributed by atoms with Gasteiger partial charge in [-0.3, -0.25) is 0 Å². The number of halogens is 1. The molecular weight excluding hydrogens is 295 g/mol. The van der Waals surface area contributed by atoms with Gasteiger partial charge in [-0.05, 0) is 0 Å². The number of hydrogen-bond acceptors (Lipinski definition) is 0. The van der Waals surface area contributed by atoms with Crippen LogP contribution in [0.1, 0.15) is 12.5 Å². The molecule has 0 amide bonds. The molecule has 0 aliphatic heterocycles. The van der Waals surface area contributed by atoms with Gasteiger partial charge in [0.1, 0.15) is 0 Å². The summed E-state index contributed by atoms with van der Waals surface area (Å²) in [4.78, 5) is 0. The van der Waals surface area contributed by atoms with Gasteiger partial charge in [-0.2, -0.15) is 0 Å². The van der Waals surface area contributed by atoms with E-state index in [4.69, 9.17) is 11.6 Å². The van der Waals surface area contributed by atoms with Crippen LogP contribution in [-0.4, -0.2) is 15.0 Å². The van der Waals surface area contributed by atoms with Gasteiger partial charge in [-0.25, -0.2) is 0 Å². The van der Waals surface area contributed by atoms with Crippen LogP contribution in [0.4, 0.5) is 0 Å². The van der Waals surface area contributed by atoms with Crippen molar-refractivity contribution in [1.29, 1.82) is 0 Å². The molecule has 2 aromatic rings. The normalized spacial score (nSPS) is 11.5. The minimum atomic E-state index is 0.404. The third-order valence-corrected chi connectivity index (χ3v) is 4.50. The molecule has 0 saturated carbocycles. The van der Waals surface area contributed by atoms with Crippen LogP contribution in [0.3, 0.4) is 0 Å². The predicted octanol–water partition coefficient (Wildman–Crippen LogP) is 3.73. The fraction of sp³-hybridized carbons (Fsp3) is 0.0667. The van der Waals surface area contributed by atoms with Crippen molar-refractivity contribution in [1.82, 2.24) is 0 Å². The van der Waals surface area contributed by atoms with Gasteiger partial charge in [0, 0.05) is 0 Å². The second kappa shape index (κ2) is 6.07. The molecule has 86 valence electrons. The molecule has 0 fully saturated rings. The van der Waals surface area contributed by atoms with Crippen LogP contribution in [0.15, 0.2) is 59.1 Å². The Kier molecular flexibility index (Phi) is 4.44. The first-order valence-electron chi connectivity index (χ1n) is 5.41. The molecular formula is C15H13ClSe. The third kappa shape index (κ3) is 4.05. The molecule has 0 aromatic heterocycles. The first kappa shape index (κ1) is 12.4. The molecule has 0 unspecified atom stereocenters. The number of hydrogen-bond donors (Lipinski definition) is 0. The molecule has 2 rings (SSSR count). The van der Waals surface area contributed by atoms with Crippen molar-refractivity contribution in [2.24, 2.45) is 0 Å². The van der Waals surface area contributed by atoms with Gasteiger partial charge >= 0.3 is 114 Å². The monoisotopic (exact) mass is 308 g/mol. The van der Waals surface area contributed by atoms with Gasteiger partial charge in [-0.15, -0.1) is 0 Å². The molecule has 0 N–H and O–H groups in total. The van der Waals surface area contributed by atoms with E-state index in [1.54, 1.807) is 0 Å². The average molecular weight is 308 g/mol. The molecule has 0 heterocycles. The molecule has 0 bridgehead atoms. The van der Waals surface area contributed by atoms with Gasteiger partial charge in [0.15, 0.2) is 0 Å². The summed E-state index contributed by atoms with van der Waals surface area (Å²) in [6.07, 6.45) is 2.23. The van der Waals surface area contributed by atoms with E-state index in [2.05, 4.69) is 43.3 Å². The summed E-state index contributed by atoms with van der Waals surface area (Å²) in [7, 11) is 0. The molecule has 0 aliphatic carbocycles. The van der Waals surface area contributed by atoms with Gasteiger partial charge in [-0.1, -0.05) is 0 Å². The predicted molar refractivity (Wildman–Crippen MR) is 76.9 cm³/mol. The first-order valence-corrected chi connectivity index (χ1v) is 7.50. The molecule has 2 aromatic carbocycles. The molecule has 0 atom stereocenters. The Balaban J connectivity index is 2.09. The van der Waals surface area contributed by atoms with E-state index < -0.39 is 0 Å². The van der Waals surface area contributed by atoms with Crippen molar-refractivity contribution in [3.05, 3.63) is 69.7 Å². The van der Waals surface area contributed by atoms with Crippen molar-refractivity contribution in [3.8, 4) is 0 Å². The van der Waals surface area contributed by atoms with Crippen LogP contribution < -0.4 is 4.46 Å². The summed E-state index contributed by atoms with van der Waals surface area (Å²) < 4.78 is 2.81. The maximum absolute atomic E-state index is 5.86. The Morgan fingerprint density at radius 1 is 1.00 bits per heavy atom. The summed E-state index contributed by atoms with van der Waals surface area (Å²) in [5, 5.41) is 0.786. The zero-order chi connectivity index (χ0) is 12.1. The Morgan fingerprint density at radius 2 is 1.65 bits per heavy atom. The van der Waals surface area contributed by atoms with Gasteiger partial charge in [0.05, 0.1) is 0 Å². The maximum atomic E-state index is 5.86. The van der Waals surface area contributed by atoms with E-state index in [0.717, 1.165) is 5.02 Å². The summed E-state index contributed by atoms with van der Waals surface area (Å²) in [6.45, 7) is 2.18. The van der Waals surface area contributed by atoms with Crippen LogP contribution in [0.25, 0.3) is 6.08 Å². The standard InChI is InChI=1S/C15H13ClSe/c1-12(17-15-5-3-2-4-6-15)11-13-7-9-14(16)10-8-13/h2-11H,1H3/b12-11+. The van der Waals surface area contributed by atoms with Gasteiger partial charge < -0.3 is 0 Å². The topological polar surface area (TPSA) is 0 Å². The second-order valence-electron chi connectivity index (χ2n) is 3.72. The van der Waals surface area contributed by atoms with Crippen LogP contribution in [0.5, 0.6) is 0 Å². The van der Waals surface area contributed by atoms with Crippen LogP contribution in [0.2, 0.25) is 5.02 Å². The van der Waals surface area contributed by atoms with Crippen LogP contribution in [0, 0.1) is 0 Å². The molecule has 0 aliphatic rings. The number of benzene rings is 2. The summed E-state index contributed by atoms with van der Waals surface area (Å²) in [5.74, 6) is 0. The Labute approximate surface area is 113 Å². The van der Waals surface area contributed by atoms with Crippen LogP contribution >= 0.6 is 11.6 Å². The summed E-state index contributed by atoms with van der Waals surface area (Å²) in [6, 6.07) is 18.5. The minimum absolute atomic E-state index is 0.404. The fourth-order valence-electron chi connectivity index (χ4n) is 1.50. The third-order valence-electron chi connectivity index (χ3n) is 2.26. The quantitative estimate of drug-likeness (QED) is 0.758. The van der Waals surface area contributed by atoms with Gasteiger partial charge in [0.25, 0.3) is 0 Å². The SMILES string of the molecule is C/C(=C\c1ccc(Cl)cc1)[Se]c1ccccc1. The van der Waals surface area contributed by atoms with Crippen molar-refractivity contribution < 1.29 is 0 Å². The number of rotatable bonds is 3. The zero-order valence-electron chi connectivity index (χ0n) is 9.56. The van der Waals surface area contributed by atoms with E-state index in [0.29, 0.717) is 15.0 Å². The fourth-order valence-corrected chi connectivity index (χ4v) is 3.43. The molecule has 2 heteroatoms. The number of allylic oxidation sites excluding steroid dienone is 1. The molecule has 17 heavy (non-hydrogen) atoms. The molecule has 0 radical (unpaired) electrons. The Hall–Kier alpha value is -1.01. The summed E-state index contributed by atoms with van der Waals surface area (Å²) >= 11 is 6.26.